The molecule has 7 rings (SSSR count). The van der Waals surface area contributed by atoms with Crippen LogP contribution in [0.1, 0.15) is 80.3 Å². The highest BCUT2D eigenvalue weighted by Crippen LogP contribution is 2.87. The number of carbonyl (C=O) groups is 1. The average molecular weight is 613 g/mol. The van der Waals surface area contributed by atoms with Crippen LogP contribution in [-0.2, 0) is 23.1 Å². The molecule has 2 N–H and O–H groups in total. The Labute approximate surface area is 254 Å². The maximum Gasteiger partial charge on any atom is 0.264 e. The van der Waals surface area contributed by atoms with Crippen LogP contribution in [0.3, 0.4) is 0 Å². The van der Waals surface area contributed by atoms with E-state index >= 15 is 0 Å². The molecular weight excluding hydrogens is 572 g/mol. The fraction of sp³-hybridized carbons (Fsp3) is 0.606. The SMILES string of the molecule is C[C@@H]1CCC2[C@H]3C[C@@]23[C@](C)(O)[C@@H]2CC[C@H]2CN2CCCCc3cc(Cl)ccc3COc3ccc(cc32)C(=O)NS1(=O)=O. The zero-order valence-corrected chi connectivity index (χ0v) is 26.0. The summed E-state index contributed by atoms with van der Waals surface area (Å²) in [6, 6.07) is 11.2. The number of benzene rings is 2. The average Bonchev–Trinajstić information content (AvgIpc) is 3.81. The molecule has 9 heteroatoms. The smallest absolute Gasteiger partial charge is 0.264 e. The molecule has 2 aromatic rings. The van der Waals surface area contributed by atoms with Gasteiger partial charge in [-0.1, -0.05) is 17.7 Å². The van der Waals surface area contributed by atoms with Gasteiger partial charge in [-0.2, -0.15) is 0 Å². The van der Waals surface area contributed by atoms with Gasteiger partial charge in [0.1, 0.15) is 12.4 Å². The summed E-state index contributed by atoms with van der Waals surface area (Å²) in [4.78, 5) is 15.6. The first-order chi connectivity index (χ1) is 20.0. The van der Waals surface area contributed by atoms with Crippen LogP contribution >= 0.6 is 11.6 Å². The number of hydrogen-bond acceptors (Lipinski definition) is 6. The van der Waals surface area contributed by atoms with Crippen molar-refractivity contribution in [2.45, 2.75) is 82.7 Å². The van der Waals surface area contributed by atoms with Gasteiger partial charge in [0.25, 0.3) is 5.91 Å². The van der Waals surface area contributed by atoms with Gasteiger partial charge in [0.05, 0.1) is 16.5 Å². The standard InChI is InChI=1S/C33H41ClN2O5S/c1-20-6-11-27-28-17-33(27,28)32(2,38)26-12-8-23(26)18-36-14-4-3-5-21-15-25(34)10-7-24(21)19-41-30-13-9-22(16-29(30)36)31(37)35-42(20,39)40/h7,9-10,13,15-16,20,23,26-28,38H,3-6,8,11-12,14,17-19H2,1-2H3,(H,35,37)/t20-,23+,26-,27?,28-,32-,33-/m1/s1. The van der Waals surface area contributed by atoms with Gasteiger partial charge in [-0.05, 0) is 130 Å². The summed E-state index contributed by atoms with van der Waals surface area (Å²) in [7, 11) is -3.85. The molecule has 1 unspecified atom stereocenters. The van der Waals surface area contributed by atoms with Crippen molar-refractivity contribution in [2.24, 2.45) is 29.1 Å². The largest absolute Gasteiger partial charge is 0.487 e. The Kier molecular flexibility index (Phi) is 6.87. The van der Waals surface area contributed by atoms with Crippen molar-refractivity contribution in [1.82, 2.24) is 4.72 Å². The van der Waals surface area contributed by atoms with Gasteiger partial charge in [-0.3, -0.25) is 4.79 Å². The minimum Gasteiger partial charge on any atom is -0.487 e. The van der Waals surface area contributed by atoms with E-state index in [4.69, 9.17) is 16.3 Å². The lowest BCUT2D eigenvalue weighted by Crippen LogP contribution is -2.52. The van der Waals surface area contributed by atoms with Crippen molar-refractivity contribution in [3.8, 4) is 5.75 Å². The zero-order valence-electron chi connectivity index (χ0n) is 24.4. The Morgan fingerprint density at radius 3 is 2.60 bits per heavy atom. The van der Waals surface area contributed by atoms with Crippen LogP contribution < -0.4 is 14.4 Å². The summed E-state index contributed by atoms with van der Waals surface area (Å²) in [6.07, 6.45) is 7.19. The Hall–Kier alpha value is -2.29. The Morgan fingerprint density at radius 1 is 1.02 bits per heavy atom. The van der Waals surface area contributed by atoms with Crippen LogP contribution in [0.2, 0.25) is 5.02 Å². The molecule has 7 atom stereocenters. The number of fused-ring (bicyclic) bond motifs is 4. The molecule has 2 bridgehead atoms. The first-order valence-electron chi connectivity index (χ1n) is 15.6. The second-order valence-electron chi connectivity index (χ2n) is 13.7. The van der Waals surface area contributed by atoms with Crippen LogP contribution in [0.15, 0.2) is 36.4 Å². The lowest BCUT2D eigenvalue weighted by atomic mass is 9.61. The highest BCUT2D eigenvalue weighted by molar-refractivity contribution is 7.90. The molecule has 7 nitrogen and oxygen atoms in total. The first-order valence-corrected chi connectivity index (χ1v) is 17.5. The molecular formula is C33H41ClN2O5S. The fourth-order valence-corrected chi connectivity index (χ4v) is 9.77. The van der Waals surface area contributed by atoms with E-state index in [-0.39, 0.29) is 11.3 Å². The molecule has 0 radical (unpaired) electrons. The van der Waals surface area contributed by atoms with E-state index in [1.807, 2.05) is 18.2 Å². The number of sulfonamides is 1. The number of halogens is 1. The normalized spacial score (nSPS) is 37.2. The number of aliphatic hydroxyl groups is 1. The van der Waals surface area contributed by atoms with E-state index in [1.165, 1.54) is 5.56 Å². The quantitative estimate of drug-likeness (QED) is 0.395. The Morgan fingerprint density at radius 2 is 1.83 bits per heavy atom. The van der Waals surface area contributed by atoms with Gasteiger partial charge in [-0.25, -0.2) is 13.1 Å². The second-order valence-corrected chi connectivity index (χ2v) is 16.2. The summed E-state index contributed by atoms with van der Waals surface area (Å²) in [5, 5.41) is 12.1. The molecule has 2 aliphatic heterocycles. The molecule has 3 aliphatic carbocycles. The van der Waals surface area contributed by atoms with Crippen molar-refractivity contribution in [3.63, 3.8) is 0 Å². The van der Waals surface area contributed by atoms with Gasteiger partial charge >= 0.3 is 0 Å². The van der Waals surface area contributed by atoms with Gasteiger partial charge in [0.15, 0.2) is 0 Å². The molecule has 2 heterocycles. The lowest BCUT2D eigenvalue weighted by molar-refractivity contribution is -0.107. The molecule has 5 aliphatic rings. The molecule has 1 amide bonds. The number of rotatable bonds is 0. The van der Waals surface area contributed by atoms with Crippen molar-refractivity contribution in [1.29, 1.82) is 0 Å². The molecule has 226 valence electrons. The van der Waals surface area contributed by atoms with E-state index < -0.39 is 26.8 Å². The van der Waals surface area contributed by atoms with Gasteiger partial charge in [-0.15, -0.1) is 0 Å². The molecule has 0 aromatic heterocycles. The van der Waals surface area contributed by atoms with Crippen LogP contribution in [0.25, 0.3) is 0 Å². The molecule has 3 fully saturated rings. The summed E-state index contributed by atoms with van der Waals surface area (Å²) >= 11 is 6.32. The van der Waals surface area contributed by atoms with Crippen LogP contribution in [0.5, 0.6) is 5.75 Å². The summed E-state index contributed by atoms with van der Waals surface area (Å²) < 4.78 is 35.1. The van der Waals surface area contributed by atoms with Crippen molar-refractivity contribution in [2.75, 3.05) is 18.0 Å². The van der Waals surface area contributed by atoms with Crippen molar-refractivity contribution < 1.29 is 23.1 Å². The predicted octanol–water partition coefficient (Wildman–Crippen LogP) is 5.72. The third kappa shape index (κ3) is 4.63. The van der Waals surface area contributed by atoms with Crippen LogP contribution in [0.4, 0.5) is 5.69 Å². The monoisotopic (exact) mass is 612 g/mol. The number of nitrogens with zero attached hydrogens (tertiary/aromatic N) is 1. The van der Waals surface area contributed by atoms with Crippen molar-refractivity contribution in [3.05, 3.63) is 58.1 Å². The van der Waals surface area contributed by atoms with Crippen LogP contribution in [-0.4, -0.2) is 43.4 Å². The van der Waals surface area contributed by atoms with Crippen LogP contribution in [0, 0.1) is 29.1 Å². The third-order valence-corrected chi connectivity index (χ3v) is 13.5. The maximum absolute atomic E-state index is 13.3. The molecule has 0 saturated heterocycles. The Balaban J connectivity index is 1.27. The van der Waals surface area contributed by atoms with E-state index in [0.717, 1.165) is 69.3 Å². The number of ether oxygens (including phenoxy) is 1. The van der Waals surface area contributed by atoms with E-state index in [0.29, 0.717) is 47.1 Å². The van der Waals surface area contributed by atoms with Gasteiger partial charge in [0.2, 0.25) is 10.0 Å². The molecule has 3 saturated carbocycles. The van der Waals surface area contributed by atoms with Gasteiger partial charge in [0, 0.05) is 29.1 Å². The predicted molar refractivity (Wildman–Crippen MR) is 163 cm³/mol. The van der Waals surface area contributed by atoms with E-state index in [2.05, 4.69) is 16.5 Å². The number of anilines is 1. The maximum atomic E-state index is 13.3. The minimum atomic E-state index is -3.85. The molecule has 2 aromatic carbocycles. The first kappa shape index (κ1) is 28.5. The highest BCUT2D eigenvalue weighted by atomic mass is 35.5. The van der Waals surface area contributed by atoms with Gasteiger partial charge < -0.3 is 14.7 Å². The second kappa shape index (κ2) is 10.1. The number of nitrogens with one attached hydrogen (secondary N) is 1. The van der Waals surface area contributed by atoms with E-state index in [1.54, 1.807) is 25.1 Å². The number of carbonyl (C=O) groups excluding carboxylic acids is 1. The summed E-state index contributed by atoms with van der Waals surface area (Å²) in [5.41, 5.74) is 2.55. The molecule has 1 spiro atoms. The molecule has 42 heavy (non-hydrogen) atoms. The number of aryl methyl sites for hydroxylation is 1. The Bertz CT molecular complexity index is 1530. The zero-order chi connectivity index (χ0) is 29.4. The third-order valence-electron chi connectivity index (χ3n) is 11.5. The lowest BCUT2D eigenvalue weighted by Gasteiger charge is -2.50. The minimum absolute atomic E-state index is 0.0645. The number of hydrogen-bond donors (Lipinski definition) is 2. The fourth-order valence-electron chi connectivity index (χ4n) is 8.55. The van der Waals surface area contributed by atoms with E-state index in [9.17, 15) is 18.3 Å². The summed E-state index contributed by atoms with van der Waals surface area (Å²) in [5.74, 6) is 1.48. The topological polar surface area (TPSA) is 95.9 Å². The summed E-state index contributed by atoms with van der Waals surface area (Å²) in [6.45, 7) is 5.64. The van der Waals surface area contributed by atoms with Crippen molar-refractivity contribution >= 4 is 33.2 Å². The highest BCUT2D eigenvalue weighted by Gasteiger charge is 2.85. The number of amides is 1.